The number of rotatable bonds is 18. The maximum atomic E-state index is 13.3. The molecule has 4 amide bonds. The van der Waals surface area contributed by atoms with Crippen molar-refractivity contribution in [3.63, 3.8) is 0 Å². The molecular formula is C32H50N6O9S2. The molecule has 17 heteroatoms. The largest absolute Gasteiger partial charge is 0.480 e. The van der Waals surface area contributed by atoms with Gasteiger partial charge in [-0.1, -0.05) is 59.4 Å². The molecule has 49 heavy (non-hydrogen) atoms. The monoisotopic (exact) mass is 726 g/mol. The molecule has 0 aliphatic rings. The third-order valence-corrected chi connectivity index (χ3v) is 9.10. The molecular weight excluding hydrogens is 677 g/mol. The first-order valence-electron chi connectivity index (χ1n) is 15.3. The number of thiol groups is 1. The van der Waals surface area contributed by atoms with Crippen LogP contribution in [0.3, 0.4) is 0 Å². The normalized spacial score (nSPS) is 13.8. The first-order chi connectivity index (χ1) is 22.4. The molecule has 15 nitrogen and oxygen atoms in total. The first-order valence-corrected chi connectivity index (χ1v) is 17.4. The van der Waals surface area contributed by atoms with E-state index in [1.54, 1.807) is 52.0 Å². The molecule has 0 aromatic heterocycles. The molecule has 2 aromatic carbocycles. The second-order valence-electron chi connectivity index (χ2n) is 12.2. The van der Waals surface area contributed by atoms with Gasteiger partial charge >= 0.3 is 5.97 Å². The fourth-order valence-electron chi connectivity index (χ4n) is 4.78. The van der Waals surface area contributed by atoms with E-state index in [9.17, 15) is 42.6 Å². The summed E-state index contributed by atoms with van der Waals surface area (Å²) in [6, 6.07) is 4.90. The number of anilines is 1. The molecule has 274 valence electrons. The van der Waals surface area contributed by atoms with E-state index < -0.39 is 82.9 Å². The molecule has 2 aromatic rings. The van der Waals surface area contributed by atoms with E-state index in [4.69, 9.17) is 0 Å². The van der Waals surface area contributed by atoms with Gasteiger partial charge in [-0.05, 0) is 30.4 Å². The van der Waals surface area contributed by atoms with E-state index in [2.05, 4.69) is 38.6 Å². The van der Waals surface area contributed by atoms with Gasteiger partial charge in [0.2, 0.25) is 33.7 Å². The van der Waals surface area contributed by atoms with Crippen LogP contribution in [-0.2, 0) is 34.0 Å². The number of carboxylic acids is 1. The van der Waals surface area contributed by atoms with E-state index in [1.165, 1.54) is 6.07 Å². The standard InChI is InChI=1S/C31H46N6O9S2.CH4/c1-17(2)13-21(28(40)35-22(15-38)31(43)44)34-30(42)27(18(3)4)36-29(41)23(16-47)33-26(39)14-32-48(45,46)25-12-8-9-19-20(25)10-7-11-24(19)37(5)6;/h7-12,17-18,21-23,27,32,38,47H,13-16H2,1-6H3,(H,33,39)(H,34,42)(H,35,40)(H,36,41)(H,43,44);1H4/t21-,22-,23-,27-;/m0./s1. The smallest absolute Gasteiger partial charge is 0.328 e. The van der Waals surface area contributed by atoms with Crippen LogP contribution < -0.4 is 30.9 Å². The number of hydrogen-bond acceptors (Lipinski definition) is 10. The van der Waals surface area contributed by atoms with Gasteiger partial charge in [0.1, 0.15) is 24.2 Å². The highest BCUT2D eigenvalue weighted by Gasteiger charge is 2.33. The Hall–Kier alpha value is -3.93. The number of fused-ring (bicyclic) bond motifs is 1. The third-order valence-electron chi connectivity index (χ3n) is 7.27. The molecule has 0 unspecified atom stereocenters. The van der Waals surface area contributed by atoms with Crippen LogP contribution in [0.25, 0.3) is 10.8 Å². The number of amides is 4. The summed E-state index contributed by atoms with van der Waals surface area (Å²) in [7, 11) is -0.478. The molecule has 0 fully saturated rings. The van der Waals surface area contributed by atoms with Crippen molar-refractivity contribution in [3.8, 4) is 0 Å². The molecule has 7 N–H and O–H groups in total. The number of carbonyl (C=O) groups is 5. The Morgan fingerprint density at radius 2 is 1.39 bits per heavy atom. The van der Waals surface area contributed by atoms with Crippen LogP contribution >= 0.6 is 12.6 Å². The lowest BCUT2D eigenvalue weighted by molar-refractivity contribution is -0.143. The fourth-order valence-corrected chi connectivity index (χ4v) is 6.24. The zero-order valence-electron chi connectivity index (χ0n) is 27.8. The van der Waals surface area contributed by atoms with Crippen molar-refractivity contribution in [2.45, 2.75) is 70.6 Å². The van der Waals surface area contributed by atoms with Gasteiger partial charge < -0.3 is 36.4 Å². The Morgan fingerprint density at radius 3 is 1.92 bits per heavy atom. The minimum absolute atomic E-state index is 0. The summed E-state index contributed by atoms with van der Waals surface area (Å²) in [5, 5.41) is 29.3. The molecule has 0 saturated carbocycles. The van der Waals surface area contributed by atoms with Crippen LogP contribution in [0, 0.1) is 11.8 Å². The maximum Gasteiger partial charge on any atom is 0.328 e. The first kappa shape index (κ1) is 43.1. The summed E-state index contributed by atoms with van der Waals surface area (Å²) in [6.45, 7) is 5.33. The molecule has 0 radical (unpaired) electrons. The minimum atomic E-state index is -4.15. The molecule has 2 rings (SSSR count). The zero-order valence-corrected chi connectivity index (χ0v) is 29.5. The number of sulfonamides is 1. The predicted molar refractivity (Wildman–Crippen MR) is 191 cm³/mol. The number of aliphatic hydroxyl groups is 1. The van der Waals surface area contributed by atoms with Crippen molar-refractivity contribution >= 4 is 68.7 Å². The Labute approximate surface area is 293 Å². The summed E-state index contributed by atoms with van der Waals surface area (Å²) in [6.07, 6.45) is 0.134. The molecule has 0 aliphatic carbocycles. The SMILES string of the molecule is C.CC(C)C[C@H](NC(=O)[C@@H](NC(=O)[C@H](CS)NC(=O)CNS(=O)(=O)c1cccc2c(N(C)C)cccc12)C(C)C)C(=O)N[C@@H](CO)C(=O)O. The van der Waals surface area contributed by atoms with Gasteiger partial charge in [-0.25, -0.2) is 17.9 Å². The highest BCUT2D eigenvalue weighted by molar-refractivity contribution is 7.89. The Morgan fingerprint density at radius 1 is 0.816 bits per heavy atom. The number of carbonyl (C=O) groups excluding carboxylic acids is 4. The third kappa shape index (κ3) is 12.2. The van der Waals surface area contributed by atoms with Gasteiger partial charge in [0.15, 0.2) is 0 Å². The number of aliphatic carboxylic acids is 1. The molecule has 0 heterocycles. The van der Waals surface area contributed by atoms with Crippen LogP contribution in [0.5, 0.6) is 0 Å². The molecule has 0 bridgehead atoms. The summed E-state index contributed by atoms with van der Waals surface area (Å²) in [5.41, 5.74) is 0.811. The molecule has 0 spiro atoms. The Kier molecular flexibility index (Phi) is 17.0. The van der Waals surface area contributed by atoms with Crippen molar-refractivity contribution in [1.29, 1.82) is 0 Å². The highest BCUT2D eigenvalue weighted by atomic mass is 32.2. The van der Waals surface area contributed by atoms with Crippen LogP contribution in [0.2, 0.25) is 0 Å². The fraction of sp³-hybridized carbons (Fsp3) is 0.531. The summed E-state index contributed by atoms with van der Waals surface area (Å²) < 4.78 is 28.7. The van der Waals surface area contributed by atoms with Gasteiger partial charge in [0.25, 0.3) is 0 Å². The lowest BCUT2D eigenvalue weighted by atomic mass is 9.99. The number of aliphatic hydroxyl groups excluding tert-OH is 1. The van der Waals surface area contributed by atoms with Gasteiger partial charge in [0.05, 0.1) is 18.0 Å². The van der Waals surface area contributed by atoms with E-state index in [0.29, 0.717) is 10.8 Å². The van der Waals surface area contributed by atoms with E-state index in [1.807, 2.05) is 25.1 Å². The minimum Gasteiger partial charge on any atom is -0.480 e. The van der Waals surface area contributed by atoms with Crippen molar-refractivity contribution in [1.82, 2.24) is 26.0 Å². The van der Waals surface area contributed by atoms with E-state index in [0.717, 1.165) is 5.69 Å². The van der Waals surface area contributed by atoms with Crippen LogP contribution in [0.1, 0.15) is 41.5 Å². The number of nitrogens with zero attached hydrogens (tertiary/aromatic N) is 1. The zero-order chi connectivity index (χ0) is 36.3. The van der Waals surface area contributed by atoms with Gasteiger partial charge in [-0.2, -0.15) is 12.6 Å². The summed E-state index contributed by atoms with van der Waals surface area (Å²) >= 11 is 4.14. The second-order valence-corrected chi connectivity index (χ2v) is 14.3. The predicted octanol–water partition coefficient (Wildman–Crippen LogP) is 0.468. The second kappa shape index (κ2) is 19.3. The number of nitrogens with one attached hydrogen (secondary N) is 5. The summed E-state index contributed by atoms with van der Waals surface area (Å²) in [4.78, 5) is 65.2. The molecule has 0 saturated heterocycles. The summed E-state index contributed by atoms with van der Waals surface area (Å²) in [5.74, 6) is -5.39. The van der Waals surface area contributed by atoms with Crippen molar-refractivity contribution < 1.29 is 42.6 Å². The van der Waals surface area contributed by atoms with E-state index in [-0.39, 0.29) is 30.4 Å². The lowest BCUT2D eigenvalue weighted by Gasteiger charge is -2.28. The average molecular weight is 727 g/mol. The number of benzene rings is 2. The average Bonchev–Trinajstić information content (AvgIpc) is 3.02. The quantitative estimate of drug-likeness (QED) is 0.0992. The van der Waals surface area contributed by atoms with E-state index >= 15 is 0 Å². The highest BCUT2D eigenvalue weighted by Crippen LogP contribution is 2.30. The van der Waals surface area contributed by atoms with Crippen LogP contribution in [0.4, 0.5) is 5.69 Å². The van der Waals surface area contributed by atoms with Crippen molar-refractivity contribution in [3.05, 3.63) is 36.4 Å². The Bertz CT molecular complexity index is 1580. The van der Waals surface area contributed by atoms with Gasteiger partial charge in [-0.15, -0.1) is 0 Å². The number of carboxylic acid groups (broad SMARTS) is 1. The van der Waals surface area contributed by atoms with Crippen molar-refractivity contribution in [2.75, 3.05) is 37.9 Å². The van der Waals surface area contributed by atoms with Crippen LogP contribution in [-0.4, -0.2) is 105 Å². The topological polar surface area (TPSA) is 223 Å². The van der Waals surface area contributed by atoms with Crippen LogP contribution in [0.15, 0.2) is 41.3 Å². The maximum absolute atomic E-state index is 13.3. The molecule has 4 atom stereocenters. The Balaban J connectivity index is 0.0000120. The number of hydrogen-bond donors (Lipinski definition) is 8. The van der Waals surface area contributed by atoms with Gasteiger partial charge in [-0.3, -0.25) is 19.2 Å². The van der Waals surface area contributed by atoms with Gasteiger partial charge in [0, 0.05) is 36.3 Å². The van der Waals surface area contributed by atoms with Crippen molar-refractivity contribution in [2.24, 2.45) is 11.8 Å². The lowest BCUT2D eigenvalue weighted by Crippen LogP contribution is -2.60. The molecule has 0 aliphatic heterocycles.